The van der Waals surface area contributed by atoms with Crippen LogP contribution in [0.4, 0.5) is 11.4 Å². The minimum atomic E-state index is -0.304. The van der Waals surface area contributed by atoms with Crippen LogP contribution in [-0.4, -0.2) is 64.0 Å². The molecule has 0 radical (unpaired) electrons. The van der Waals surface area contributed by atoms with Crippen molar-refractivity contribution < 1.29 is 32.8 Å². The molecule has 0 N–H and O–H groups in total. The molecule has 2 aliphatic heterocycles. The first kappa shape index (κ1) is 44.6. The van der Waals surface area contributed by atoms with Gasteiger partial charge in [-0.1, -0.05) is 50.3 Å². The first-order chi connectivity index (χ1) is 30.0. The van der Waals surface area contributed by atoms with E-state index in [1.807, 2.05) is 13.8 Å². The number of ether oxygens (including phenoxy) is 5. The van der Waals surface area contributed by atoms with Crippen LogP contribution in [0.15, 0.2) is 138 Å². The van der Waals surface area contributed by atoms with Gasteiger partial charge in [0.1, 0.15) is 30.4 Å². The summed E-state index contributed by atoms with van der Waals surface area (Å²) in [6.45, 7) is 17.7. The summed E-state index contributed by atoms with van der Waals surface area (Å²) < 4.78 is 35.0. The first-order valence-electron chi connectivity index (χ1n) is 22.5. The molecule has 326 valence electrons. The van der Waals surface area contributed by atoms with Gasteiger partial charge in [-0.2, -0.15) is 4.58 Å². The Morgan fingerprint density at radius 3 is 2.08 bits per heavy atom. The number of allylic oxidation sites excluding steroid dienone is 7. The number of methoxy groups -OCH3 is 2. The molecule has 0 fully saturated rings. The van der Waals surface area contributed by atoms with Gasteiger partial charge in [-0.3, -0.25) is 0 Å². The predicted molar refractivity (Wildman–Crippen MR) is 250 cm³/mol. The minimum absolute atomic E-state index is 0.251. The van der Waals surface area contributed by atoms with Crippen molar-refractivity contribution in [3.8, 4) is 11.5 Å². The summed E-state index contributed by atoms with van der Waals surface area (Å²) in [6, 6.07) is 28.0. The van der Waals surface area contributed by atoms with Crippen molar-refractivity contribution in [2.75, 3.05) is 58.6 Å². The molecule has 1 aromatic heterocycles. The van der Waals surface area contributed by atoms with E-state index in [1.54, 1.807) is 14.2 Å². The van der Waals surface area contributed by atoms with Gasteiger partial charge in [-0.05, 0) is 112 Å². The number of fused-ring (bicyclic) bond motifs is 2. The van der Waals surface area contributed by atoms with Gasteiger partial charge < -0.3 is 28.6 Å². The van der Waals surface area contributed by atoms with Gasteiger partial charge in [0.25, 0.3) is 0 Å². The Morgan fingerprint density at radius 1 is 0.726 bits per heavy atom. The quantitative estimate of drug-likeness (QED) is 0.0693. The maximum Gasteiger partial charge on any atom is 0.210 e. The Labute approximate surface area is 370 Å². The van der Waals surface area contributed by atoms with E-state index in [0.29, 0.717) is 26.4 Å². The molecule has 0 bridgehead atoms. The normalized spacial score (nSPS) is 18.3. The van der Waals surface area contributed by atoms with Gasteiger partial charge in [0.2, 0.25) is 5.69 Å². The average molecular weight is 838 g/mol. The molecule has 1 aliphatic carbocycles. The lowest BCUT2D eigenvalue weighted by atomic mass is 9.81. The highest BCUT2D eigenvalue weighted by Crippen LogP contribution is 2.50. The smallest absolute Gasteiger partial charge is 0.210 e. The van der Waals surface area contributed by atoms with Crippen LogP contribution in [0.2, 0.25) is 0 Å². The fraction of sp³-hybridized carbons (Fsp3) is 0.407. The van der Waals surface area contributed by atoms with E-state index in [1.165, 1.54) is 45.1 Å². The van der Waals surface area contributed by atoms with Crippen molar-refractivity contribution in [3.63, 3.8) is 0 Å². The Bertz CT molecular complexity index is 2350. The van der Waals surface area contributed by atoms with Gasteiger partial charge >= 0.3 is 0 Å². The van der Waals surface area contributed by atoms with Crippen LogP contribution in [-0.2, 0) is 32.1 Å². The second kappa shape index (κ2) is 19.7. The lowest BCUT2D eigenvalue weighted by Crippen LogP contribution is -2.28. The lowest BCUT2D eigenvalue weighted by Gasteiger charge is -2.27. The predicted octanol–water partition coefficient (Wildman–Crippen LogP) is 10.8. The van der Waals surface area contributed by atoms with Gasteiger partial charge in [0.15, 0.2) is 24.7 Å². The summed E-state index contributed by atoms with van der Waals surface area (Å²) in [4.78, 5) is 2.48. The van der Waals surface area contributed by atoms with Crippen molar-refractivity contribution in [3.05, 3.63) is 160 Å². The molecule has 0 saturated heterocycles. The third kappa shape index (κ3) is 9.32. The largest absolute Gasteiger partial charge is 0.494 e. The van der Waals surface area contributed by atoms with Crippen LogP contribution in [0.1, 0.15) is 95.6 Å². The molecule has 4 aromatic rings. The Morgan fingerprint density at radius 2 is 1.39 bits per heavy atom. The fourth-order valence-electron chi connectivity index (χ4n) is 9.33. The van der Waals surface area contributed by atoms with Crippen LogP contribution in [0.25, 0.3) is 0 Å². The molecular weight excluding hydrogens is 771 g/mol. The summed E-state index contributed by atoms with van der Waals surface area (Å²) in [5, 5.41) is 0. The molecular formula is C54H67N3O5+2. The molecule has 7 rings (SSSR count). The third-order valence-electron chi connectivity index (χ3n) is 12.6. The molecule has 8 heteroatoms. The van der Waals surface area contributed by atoms with Crippen LogP contribution in [0.3, 0.4) is 0 Å². The van der Waals surface area contributed by atoms with Crippen molar-refractivity contribution in [2.24, 2.45) is 7.05 Å². The van der Waals surface area contributed by atoms with Gasteiger partial charge in [0.05, 0.1) is 25.2 Å². The number of nitrogens with zero attached hydrogens (tertiary/aromatic N) is 3. The first-order valence-corrected chi connectivity index (χ1v) is 22.5. The Balaban J connectivity index is 1.35. The molecule has 0 amide bonds. The summed E-state index contributed by atoms with van der Waals surface area (Å²) in [7, 11) is 5.60. The number of aryl methyl sites for hydroxylation is 1. The number of rotatable bonds is 19. The van der Waals surface area contributed by atoms with Crippen LogP contribution in [0, 0.1) is 0 Å². The highest BCUT2D eigenvalue weighted by atomic mass is 16.5. The van der Waals surface area contributed by atoms with E-state index in [9.17, 15) is 0 Å². The fourth-order valence-corrected chi connectivity index (χ4v) is 9.33. The third-order valence-corrected chi connectivity index (χ3v) is 12.6. The average Bonchev–Trinajstić information content (AvgIpc) is 3.82. The van der Waals surface area contributed by atoms with E-state index in [0.717, 1.165) is 67.2 Å². The van der Waals surface area contributed by atoms with E-state index < -0.39 is 0 Å². The van der Waals surface area contributed by atoms with Crippen molar-refractivity contribution in [1.82, 2.24) is 0 Å². The van der Waals surface area contributed by atoms with Crippen LogP contribution < -0.4 is 18.9 Å². The summed E-state index contributed by atoms with van der Waals surface area (Å²) in [5.74, 6) is 2.75. The summed E-state index contributed by atoms with van der Waals surface area (Å²) in [5.41, 5.74) is 11.6. The van der Waals surface area contributed by atoms with E-state index >= 15 is 0 Å². The molecule has 1 unspecified atom stereocenters. The monoisotopic (exact) mass is 838 g/mol. The van der Waals surface area contributed by atoms with Gasteiger partial charge in [-0.15, -0.1) is 0 Å². The van der Waals surface area contributed by atoms with Crippen molar-refractivity contribution in [1.29, 1.82) is 0 Å². The maximum absolute atomic E-state index is 7.42. The number of benzene rings is 3. The summed E-state index contributed by atoms with van der Waals surface area (Å²) in [6.07, 6.45) is 16.8. The van der Waals surface area contributed by atoms with Crippen molar-refractivity contribution in [2.45, 2.75) is 84.2 Å². The van der Waals surface area contributed by atoms with Gasteiger partial charge in [0, 0.05) is 86.0 Å². The molecule has 3 aliphatic rings. The molecule has 62 heavy (non-hydrogen) atoms. The number of aromatic nitrogens is 1. The lowest BCUT2D eigenvalue weighted by molar-refractivity contribution is -0.671. The second-order valence-corrected chi connectivity index (χ2v) is 17.5. The van der Waals surface area contributed by atoms with Crippen LogP contribution >= 0.6 is 0 Å². The standard InChI is InChI=1S/C54H67N3O5/c1-10-60-43-23-25-47-45(37-43)53(3,4)49(56(47)31-15-35-58-8)27-21-40-19-20-41(52(40)62-51(39-17-13-12-14-18-39)42-29-33-55(7)34-30-42)22-28-50-54(5,6)46-38-44(61-11-2)24-26-48(46)57(50)32-16-36-59-9/h12-14,17-18,21-30,33-34,37-38,51H,10-11,15-16,19-20,31-32,35-36H2,1-9H3/q+2. The molecule has 8 nitrogen and oxygen atoms in total. The van der Waals surface area contributed by atoms with Crippen LogP contribution in [0.5, 0.6) is 11.5 Å². The Hall–Kier alpha value is -5.44. The maximum atomic E-state index is 7.42. The zero-order valence-corrected chi connectivity index (χ0v) is 38.5. The van der Waals surface area contributed by atoms with E-state index in [2.05, 4.69) is 164 Å². The number of pyridine rings is 1. The molecule has 3 heterocycles. The van der Waals surface area contributed by atoms with Crippen molar-refractivity contribution >= 4 is 17.1 Å². The van der Waals surface area contributed by atoms with E-state index in [-0.39, 0.29) is 16.9 Å². The highest BCUT2D eigenvalue weighted by Gasteiger charge is 2.45. The number of anilines is 1. The topological polar surface area (TPSA) is 56.3 Å². The zero-order valence-electron chi connectivity index (χ0n) is 38.5. The number of hydrogen-bond acceptors (Lipinski definition) is 6. The molecule has 1 atom stereocenters. The number of hydrogen-bond donors (Lipinski definition) is 0. The summed E-state index contributed by atoms with van der Waals surface area (Å²) >= 11 is 0. The highest BCUT2D eigenvalue weighted by molar-refractivity contribution is 6.03. The zero-order chi connectivity index (χ0) is 43.9. The van der Waals surface area contributed by atoms with Gasteiger partial charge in [-0.25, -0.2) is 4.57 Å². The SMILES string of the molecule is CCOc1ccc2c(c1)C(C)(C)C(/C=C/C1=C(OC(c3ccccc3)c3cc[n+](C)cc3)C(=C/C=C3/N(CCCOC)c4ccc(OCC)cc4C3(C)C)/CC1)=[N+]2CCCOC. The second-order valence-electron chi connectivity index (χ2n) is 17.5. The Kier molecular flexibility index (Phi) is 14.2. The minimum Gasteiger partial charge on any atom is -0.494 e. The molecule has 0 saturated carbocycles. The molecule has 3 aromatic carbocycles. The van der Waals surface area contributed by atoms with E-state index in [4.69, 9.17) is 23.7 Å². The molecule has 0 spiro atoms.